The van der Waals surface area contributed by atoms with E-state index in [1.165, 1.54) is 44.1 Å². The summed E-state index contributed by atoms with van der Waals surface area (Å²) in [6.07, 6.45) is 9.44. The minimum absolute atomic E-state index is 0.502. The van der Waals surface area contributed by atoms with Crippen molar-refractivity contribution in [1.82, 2.24) is 0 Å². The van der Waals surface area contributed by atoms with E-state index in [9.17, 15) is 0 Å². The van der Waals surface area contributed by atoms with Gasteiger partial charge in [-0.15, -0.1) is 0 Å². The van der Waals surface area contributed by atoms with Gasteiger partial charge in [0.2, 0.25) is 0 Å². The lowest BCUT2D eigenvalue weighted by Gasteiger charge is -2.59. The van der Waals surface area contributed by atoms with Gasteiger partial charge in [-0.05, 0) is 78.4 Å². The Balaban J connectivity index is 1.79. The maximum absolute atomic E-state index is 5.46. The molecule has 0 radical (unpaired) electrons. The Labute approximate surface area is 160 Å². The summed E-state index contributed by atoms with van der Waals surface area (Å²) in [5.41, 5.74) is 2.35. The van der Waals surface area contributed by atoms with E-state index in [0.29, 0.717) is 10.8 Å². The van der Waals surface area contributed by atoms with Crippen LogP contribution in [0.25, 0.3) is 0 Å². The number of fused-ring (bicyclic) bond motifs is 1. The third kappa shape index (κ3) is 3.62. The first-order chi connectivity index (χ1) is 12.3. The lowest BCUT2D eigenvalue weighted by atomic mass is 9.46. The maximum Gasteiger partial charge on any atom is 0.122 e. The number of methoxy groups -OCH3 is 2. The molecule has 0 N–H and O–H groups in total. The molecule has 26 heavy (non-hydrogen) atoms. The molecular weight excluding hydrogens is 320 g/mol. The van der Waals surface area contributed by atoms with Crippen molar-refractivity contribution in [2.45, 2.75) is 72.6 Å². The molecule has 0 unspecified atom stereocenters. The highest BCUT2D eigenvalue weighted by atomic mass is 16.5. The highest BCUT2D eigenvalue weighted by Crippen LogP contribution is 2.61. The highest BCUT2D eigenvalue weighted by Gasteiger charge is 2.53. The summed E-state index contributed by atoms with van der Waals surface area (Å²) >= 11 is 0. The van der Waals surface area contributed by atoms with Crippen LogP contribution >= 0.6 is 0 Å². The van der Waals surface area contributed by atoms with E-state index in [2.05, 4.69) is 39.8 Å². The zero-order chi connectivity index (χ0) is 18.9. The molecule has 2 saturated carbocycles. The van der Waals surface area contributed by atoms with Gasteiger partial charge in [-0.25, -0.2) is 0 Å². The monoisotopic (exact) mass is 358 g/mol. The molecule has 146 valence electrons. The predicted octanol–water partition coefficient (Wildman–Crippen LogP) is 6.52. The van der Waals surface area contributed by atoms with Gasteiger partial charge in [0.15, 0.2) is 0 Å². The molecule has 2 nitrogen and oxygen atoms in total. The van der Waals surface area contributed by atoms with Crippen LogP contribution in [0.5, 0.6) is 11.5 Å². The normalized spacial score (nSPS) is 33.4. The Kier molecular flexibility index (Phi) is 5.61. The Morgan fingerprint density at radius 1 is 0.962 bits per heavy atom. The van der Waals surface area contributed by atoms with Crippen LogP contribution in [0.4, 0.5) is 0 Å². The molecule has 0 amide bonds. The van der Waals surface area contributed by atoms with Crippen molar-refractivity contribution >= 4 is 0 Å². The zero-order valence-corrected chi connectivity index (χ0v) is 17.7. The van der Waals surface area contributed by atoms with Gasteiger partial charge in [0, 0.05) is 6.07 Å². The summed E-state index contributed by atoms with van der Waals surface area (Å²) in [5, 5.41) is 0. The van der Waals surface area contributed by atoms with Crippen LogP contribution in [0.1, 0.15) is 71.8 Å². The summed E-state index contributed by atoms with van der Waals surface area (Å²) in [7, 11) is 3.47. The molecule has 0 aliphatic heterocycles. The minimum atomic E-state index is 0.502. The number of hydrogen-bond acceptors (Lipinski definition) is 2. The van der Waals surface area contributed by atoms with Crippen molar-refractivity contribution < 1.29 is 9.47 Å². The van der Waals surface area contributed by atoms with Gasteiger partial charge in [0.05, 0.1) is 14.2 Å². The van der Waals surface area contributed by atoms with Crippen molar-refractivity contribution in [3.8, 4) is 11.5 Å². The molecule has 0 bridgehead atoms. The van der Waals surface area contributed by atoms with Crippen LogP contribution in [0.3, 0.4) is 0 Å². The second-order valence-electron chi connectivity index (χ2n) is 9.82. The van der Waals surface area contributed by atoms with E-state index in [-0.39, 0.29) is 0 Å². The molecular formula is C24H38O2. The highest BCUT2D eigenvalue weighted by molar-refractivity contribution is 5.38. The number of hydrogen-bond donors (Lipinski definition) is 0. The van der Waals surface area contributed by atoms with Gasteiger partial charge in [-0.1, -0.05) is 40.5 Å². The number of benzene rings is 1. The first-order valence-electron chi connectivity index (χ1n) is 10.5. The Bertz CT molecular complexity index is 598. The zero-order valence-electron chi connectivity index (χ0n) is 17.7. The summed E-state index contributed by atoms with van der Waals surface area (Å²) in [5.74, 6) is 4.33. The van der Waals surface area contributed by atoms with E-state index in [0.717, 1.165) is 35.7 Å². The molecule has 2 aliphatic rings. The van der Waals surface area contributed by atoms with E-state index < -0.39 is 0 Å². The van der Waals surface area contributed by atoms with Gasteiger partial charge in [0.1, 0.15) is 11.5 Å². The van der Waals surface area contributed by atoms with E-state index in [4.69, 9.17) is 9.47 Å². The lowest BCUT2D eigenvalue weighted by Crippen LogP contribution is -2.51. The van der Waals surface area contributed by atoms with Crippen LogP contribution in [-0.4, -0.2) is 14.2 Å². The Morgan fingerprint density at radius 3 is 2.23 bits per heavy atom. The summed E-state index contributed by atoms with van der Waals surface area (Å²) < 4.78 is 10.9. The van der Waals surface area contributed by atoms with Crippen LogP contribution in [0.15, 0.2) is 18.2 Å². The van der Waals surface area contributed by atoms with Gasteiger partial charge < -0.3 is 9.47 Å². The van der Waals surface area contributed by atoms with Gasteiger partial charge >= 0.3 is 0 Å². The molecule has 1 aromatic carbocycles. The molecule has 2 aliphatic carbocycles. The second-order valence-corrected chi connectivity index (χ2v) is 9.82. The minimum Gasteiger partial charge on any atom is -0.497 e. The molecule has 0 spiro atoms. The third-order valence-electron chi connectivity index (χ3n) is 7.88. The number of aryl methyl sites for hydroxylation is 1. The quantitative estimate of drug-likeness (QED) is 0.597. The topological polar surface area (TPSA) is 18.5 Å². The first-order valence-corrected chi connectivity index (χ1v) is 10.5. The van der Waals surface area contributed by atoms with Crippen molar-refractivity contribution in [3.05, 3.63) is 23.8 Å². The molecule has 0 saturated heterocycles. The van der Waals surface area contributed by atoms with Crippen molar-refractivity contribution in [1.29, 1.82) is 0 Å². The SMILES string of the molecule is COc1cc(CC[C@H]2[C@@H](C)CC[C@H]3C(C)(C)CCC[C@]23C)cc(OC)c1. The lowest BCUT2D eigenvalue weighted by molar-refractivity contribution is -0.0957. The predicted molar refractivity (Wildman–Crippen MR) is 109 cm³/mol. The molecule has 2 fully saturated rings. The van der Waals surface area contributed by atoms with E-state index in [1.54, 1.807) is 14.2 Å². The number of ether oxygens (including phenoxy) is 2. The van der Waals surface area contributed by atoms with Crippen LogP contribution < -0.4 is 9.47 Å². The van der Waals surface area contributed by atoms with Crippen LogP contribution in [0, 0.1) is 28.6 Å². The van der Waals surface area contributed by atoms with Gasteiger partial charge in [0.25, 0.3) is 0 Å². The van der Waals surface area contributed by atoms with E-state index in [1.807, 2.05) is 6.07 Å². The largest absolute Gasteiger partial charge is 0.497 e. The average Bonchev–Trinajstić information content (AvgIpc) is 2.59. The molecule has 1 aromatic rings. The smallest absolute Gasteiger partial charge is 0.122 e. The van der Waals surface area contributed by atoms with Crippen LogP contribution in [0.2, 0.25) is 0 Å². The summed E-state index contributed by atoms with van der Waals surface area (Å²) in [6.45, 7) is 10.2. The van der Waals surface area contributed by atoms with Crippen molar-refractivity contribution in [2.24, 2.45) is 28.6 Å². The maximum atomic E-state index is 5.46. The molecule has 0 aromatic heterocycles. The average molecular weight is 359 g/mol. The second kappa shape index (κ2) is 7.44. The fourth-order valence-electron chi connectivity index (χ4n) is 6.56. The molecule has 0 heterocycles. The van der Waals surface area contributed by atoms with Crippen LogP contribution in [-0.2, 0) is 6.42 Å². The van der Waals surface area contributed by atoms with Crippen molar-refractivity contribution in [3.63, 3.8) is 0 Å². The Morgan fingerprint density at radius 2 is 1.62 bits per heavy atom. The van der Waals surface area contributed by atoms with Gasteiger partial charge in [-0.3, -0.25) is 0 Å². The summed E-state index contributed by atoms with van der Waals surface area (Å²) in [4.78, 5) is 0. The Hall–Kier alpha value is -1.18. The first kappa shape index (κ1) is 19.6. The molecule has 4 atom stereocenters. The third-order valence-corrected chi connectivity index (χ3v) is 7.88. The number of rotatable bonds is 5. The fourth-order valence-corrected chi connectivity index (χ4v) is 6.56. The summed E-state index contributed by atoms with van der Waals surface area (Å²) in [6, 6.07) is 6.33. The standard InChI is InChI=1S/C24H38O2/c1-17-8-11-22-23(2,3)12-7-13-24(22,4)21(17)10-9-18-14-19(25-5)16-20(15-18)26-6/h14-17,21-22H,7-13H2,1-6H3/t17-,21-,22-,24+/m0/s1. The van der Waals surface area contributed by atoms with Gasteiger partial charge in [-0.2, -0.15) is 0 Å². The molecule has 2 heteroatoms. The fraction of sp³-hybridized carbons (Fsp3) is 0.750. The van der Waals surface area contributed by atoms with Crippen molar-refractivity contribution in [2.75, 3.05) is 14.2 Å². The van der Waals surface area contributed by atoms with E-state index >= 15 is 0 Å². The molecule has 3 rings (SSSR count).